The Morgan fingerprint density at radius 1 is 1.43 bits per heavy atom. The Balaban J connectivity index is 2.15. The minimum Gasteiger partial charge on any atom is -0.309 e. The van der Waals surface area contributed by atoms with Crippen LogP contribution in [0.4, 0.5) is 0 Å². The van der Waals surface area contributed by atoms with Crippen molar-refractivity contribution in [1.29, 1.82) is 0 Å². The third kappa shape index (κ3) is 1.31. The fourth-order valence-electron chi connectivity index (χ4n) is 1.75. The number of thiophene rings is 1. The van der Waals surface area contributed by atoms with Crippen molar-refractivity contribution in [1.82, 2.24) is 5.32 Å². The lowest BCUT2D eigenvalue weighted by atomic mass is 10.1. The first-order valence-electron chi connectivity index (χ1n) is 4.76. The summed E-state index contributed by atoms with van der Waals surface area (Å²) in [6, 6.07) is 9.31. The van der Waals surface area contributed by atoms with E-state index in [1.54, 1.807) is 0 Å². The van der Waals surface area contributed by atoms with Gasteiger partial charge in [0.25, 0.3) is 0 Å². The second-order valence-corrected chi connectivity index (χ2v) is 5.57. The molecule has 2 aromatic rings. The van der Waals surface area contributed by atoms with Crippen molar-refractivity contribution in [2.24, 2.45) is 0 Å². The lowest BCUT2D eigenvalue weighted by Gasteiger charge is -2.26. The quantitative estimate of drug-likeness (QED) is 0.831. The predicted molar refractivity (Wildman–Crippen MR) is 64.9 cm³/mol. The number of rotatable bonds is 1. The molecule has 14 heavy (non-hydrogen) atoms. The summed E-state index contributed by atoms with van der Waals surface area (Å²) in [6.07, 6.45) is 1.28. The number of fused-ring (bicyclic) bond motifs is 1. The summed E-state index contributed by atoms with van der Waals surface area (Å²) < 4.78 is 2.58. The molecule has 0 radical (unpaired) electrons. The molecule has 3 rings (SSSR count). The molecule has 1 nitrogen and oxygen atoms in total. The van der Waals surface area contributed by atoms with Gasteiger partial charge < -0.3 is 5.32 Å². The van der Waals surface area contributed by atoms with E-state index in [2.05, 4.69) is 45.5 Å². The van der Waals surface area contributed by atoms with Gasteiger partial charge in [-0.25, -0.2) is 0 Å². The van der Waals surface area contributed by atoms with Gasteiger partial charge in [-0.3, -0.25) is 0 Å². The van der Waals surface area contributed by atoms with Gasteiger partial charge in [-0.05, 0) is 31.2 Å². The Kier molecular flexibility index (Phi) is 2.11. The van der Waals surface area contributed by atoms with E-state index in [-0.39, 0.29) is 0 Å². The predicted octanol–water partition coefficient (Wildman–Crippen LogP) is 3.70. The molecule has 0 saturated carbocycles. The first-order chi connectivity index (χ1) is 6.84. The summed E-state index contributed by atoms with van der Waals surface area (Å²) >= 11 is 5.49. The summed E-state index contributed by atoms with van der Waals surface area (Å²) in [7, 11) is 0. The Morgan fingerprint density at radius 2 is 2.29 bits per heavy atom. The smallest absolute Gasteiger partial charge is 0.0427 e. The van der Waals surface area contributed by atoms with Crippen LogP contribution >= 0.6 is 27.3 Å². The monoisotopic (exact) mass is 267 g/mol. The highest BCUT2D eigenvalue weighted by atomic mass is 79.9. The first kappa shape index (κ1) is 8.89. The molecule has 0 spiro atoms. The maximum atomic E-state index is 3.59. The van der Waals surface area contributed by atoms with Crippen LogP contribution in [0.5, 0.6) is 0 Å². The molecule has 3 heteroatoms. The lowest BCUT2D eigenvalue weighted by Crippen LogP contribution is -2.34. The van der Waals surface area contributed by atoms with Crippen LogP contribution in [0.3, 0.4) is 0 Å². The van der Waals surface area contributed by atoms with Crippen molar-refractivity contribution in [2.75, 3.05) is 6.54 Å². The highest BCUT2D eigenvalue weighted by Gasteiger charge is 2.20. The number of benzene rings is 1. The summed E-state index contributed by atoms with van der Waals surface area (Å²) in [5.74, 6) is 0. The van der Waals surface area contributed by atoms with Gasteiger partial charge in [0.05, 0.1) is 0 Å². The molecule has 2 heterocycles. The van der Waals surface area contributed by atoms with E-state index in [9.17, 15) is 0 Å². The van der Waals surface area contributed by atoms with Gasteiger partial charge in [0.1, 0.15) is 0 Å². The van der Waals surface area contributed by atoms with Crippen LogP contribution < -0.4 is 5.32 Å². The maximum absolute atomic E-state index is 3.59. The molecular weight excluding hydrogens is 258 g/mol. The SMILES string of the molecule is Brc1cccc2sc([C@@H]3CCN3)cc12. The van der Waals surface area contributed by atoms with Gasteiger partial charge in [0.15, 0.2) is 0 Å². The first-order valence-corrected chi connectivity index (χ1v) is 6.37. The molecule has 0 bridgehead atoms. The highest BCUT2D eigenvalue weighted by Crippen LogP contribution is 2.36. The number of hydrogen-bond acceptors (Lipinski definition) is 2. The van der Waals surface area contributed by atoms with Gasteiger partial charge in [-0.1, -0.05) is 22.0 Å². The minimum absolute atomic E-state index is 0.610. The Hall–Kier alpha value is -0.380. The molecule has 1 aromatic carbocycles. The topological polar surface area (TPSA) is 12.0 Å². The van der Waals surface area contributed by atoms with E-state index in [4.69, 9.17) is 0 Å². The Bertz CT molecular complexity index is 473. The van der Waals surface area contributed by atoms with Crippen molar-refractivity contribution in [3.63, 3.8) is 0 Å². The van der Waals surface area contributed by atoms with E-state index >= 15 is 0 Å². The molecule has 1 aromatic heterocycles. The van der Waals surface area contributed by atoms with Crippen molar-refractivity contribution in [3.05, 3.63) is 33.6 Å². The molecule has 72 valence electrons. The zero-order chi connectivity index (χ0) is 9.54. The van der Waals surface area contributed by atoms with Crippen LogP contribution in [0.2, 0.25) is 0 Å². The summed E-state index contributed by atoms with van der Waals surface area (Å²) in [6.45, 7) is 1.17. The van der Waals surface area contributed by atoms with Crippen molar-refractivity contribution < 1.29 is 0 Å². The largest absolute Gasteiger partial charge is 0.309 e. The second-order valence-electron chi connectivity index (χ2n) is 3.60. The highest BCUT2D eigenvalue weighted by molar-refractivity contribution is 9.10. The summed E-state index contributed by atoms with van der Waals surface area (Å²) in [4.78, 5) is 1.47. The van der Waals surface area contributed by atoms with E-state index < -0.39 is 0 Å². The average molecular weight is 268 g/mol. The molecule has 1 aliphatic heterocycles. The zero-order valence-corrected chi connectivity index (χ0v) is 9.99. The van der Waals surface area contributed by atoms with Crippen LogP contribution in [0, 0.1) is 0 Å². The summed E-state index contributed by atoms with van der Waals surface area (Å²) in [5, 5.41) is 4.79. The van der Waals surface area contributed by atoms with Crippen molar-refractivity contribution in [2.45, 2.75) is 12.5 Å². The fraction of sp³-hybridized carbons (Fsp3) is 0.273. The molecule has 1 fully saturated rings. The van der Waals surface area contributed by atoms with Crippen molar-refractivity contribution in [3.8, 4) is 0 Å². The van der Waals surface area contributed by atoms with Gasteiger partial charge in [0.2, 0.25) is 0 Å². The van der Waals surface area contributed by atoms with Gasteiger partial charge in [0, 0.05) is 25.5 Å². The molecular formula is C11H10BrNS. The van der Waals surface area contributed by atoms with E-state index in [0.717, 1.165) is 0 Å². The molecule has 0 unspecified atom stereocenters. The Morgan fingerprint density at radius 3 is 2.93 bits per heavy atom. The molecule has 0 aliphatic carbocycles. The number of hydrogen-bond donors (Lipinski definition) is 1. The third-order valence-electron chi connectivity index (χ3n) is 2.69. The third-order valence-corrected chi connectivity index (χ3v) is 4.60. The lowest BCUT2D eigenvalue weighted by molar-refractivity contribution is 0.389. The van der Waals surface area contributed by atoms with Gasteiger partial charge in [-0.2, -0.15) is 0 Å². The minimum atomic E-state index is 0.610. The zero-order valence-electron chi connectivity index (χ0n) is 7.59. The van der Waals surface area contributed by atoms with E-state index in [0.29, 0.717) is 6.04 Å². The number of halogens is 1. The number of nitrogens with one attached hydrogen (secondary N) is 1. The molecule has 1 atom stereocenters. The van der Waals surface area contributed by atoms with Gasteiger partial charge >= 0.3 is 0 Å². The fourth-order valence-corrected chi connectivity index (χ4v) is 3.56. The standard InChI is InChI=1S/C11H10BrNS/c12-8-2-1-3-10-7(8)6-11(14-10)9-4-5-13-9/h1-3,6,9,13H,4-5H2/t9-/m0/s1. The molecule has 1 saturated heterocycles. The van der Waals surface area contributed by atoms with Crippen LogP contribution in [0.1, 0.15) is 17.3 Å². The van der Waals surface area contributed by atoms with Crippen LogP contribution in [0.15, 0.2) is 28.7 Å². The molecule has 0 amide bonds. The molecule has 1 aliphatic rings. The Labute approximate surface area is 95.3 Å². The second kappa shape index (κ2) is 3.33. The normalized spacial score (nSPS) is 21.1. The van der Waals surface area contributed by atoms with Gasteiger partial charge in [-0.15, -0.1) is 11.3 Å². The average Bonchev–Trinajstić information content (AvgIpc) is 2.46. The maximum Gasteiger partial charge on any atom is 0.0427 e. The van der Waals surface area contributed by atoms with Crippen molar-refractivity contribution >= 4 is 37.4 Å². The van der Waals surface area contributed by atoms with Crippen LogP contribution in [-0.4, -0.2) is 6.54 Å². The summed E-state index contributed by atoms with van der Waals surface area (Å²) in [5.41, 5.74) is 0. The van der Waals surface area contributed by atoms with Crippen LogP contribution in [-0.2, 0) is 0 Å². The van der Waals surface area contributed by atoms with E-state index in [1.807, 2.05) is 11.3 Å². The van der Waals surface area contributed by atoms with E-state index in [1.165, 1.54) is 32.4 Å². The van der Waals surface area contributed by atoms with Crippen LogP contribution in [0.25, 0.3) is 10.1 Å². The molecule has 1 N–H and O–H groups in total.